The number of rotatable bonds is 9. The van der Waals surface area contributed by atoms with Crippen LogP contribution in [0.4, 0.5) is 0 Å². The molecule has 1 saturated carbocycles. The summed E-state index contributed by atoms with van der Waals surface area (Å²) in [5.74, 6) is 0. The highest BCUT2D eigenvalue weighted by atomic mass is 16.5. The largest absolute Gasteiger partial charge is 0.385 e. The zero-order chi connectivity index (χ0) is 12.7. The first-order chi connectivity index (χ1) is 8.19. The molecule has 1 aliphatic rings. The van der Waals surface area contributed by atoms with Crippen LogP contribution in [0.15, 0.2) is 0 Å². The van der Waals surface area contributed by atoms with E-state index in [0.717, 1.165) is 32.6 Å². The summed E-state index contributed by atoms with van der Waals surface area (Å²) in [6.07, 6.45) is 4.98. The van der Waals surface area contributed by atoms with Gasteiger partial charge in [-0.1, -0.05) is 20.8 Å². The Labute approximate surface area is 106 Å². The molecule has 0 bridgehead atoms. The molecule has 1 aliphatic carbocycles. The number of nitrogens with one attached hydrogen (secondary N) is 1. The van der Waals surface area contributed by atoms with Crippen molar-refractivity contribution >= 4 is 0 Å². The molecule has 0 heterocycles. The van der Waals surface area contributed by atoms with Crippen LogP contribution in [-0.2, 0) is 9.47 Å². The lowest BCUT2D eigenvalue weighted by atomic mass is 9.61. The monoisotopic (exact) mass is 243 g/mol. The summed E-state index contributed by atoms with van der Waals surface area (Å²) in [6, 6.07) is 0.639. The molecule has 0 aromatic carbocycles. The molecule has 3 atom stereocenters. The maximum absolute atomic E-state index is 5.98. The van der Waals surface area contributed by atoms with E-state index in [1.807, 2.05) is 0 Å². The van der Waals surface area contributed by atoms with Gasteiger partial charge in [0.25, 0.3) is 0 Å². The van der Waals surface area contributed by atoms with Crippen LogP contribution in [-0.4, -0.2) is 39.0 Å². The van der Waals surface area contributed by atoms with E-state index in [2.05, 4.69) is 26.1 Å². The standard InChI is InChI=1S/C14H29NO2/c1-5-8-15-12-11-13(14(12,3)6-2)17-10-7-9-16-4/h12-13,15H,5-11H2,1-4H3. The Morgan fingerprint density at radius 3 is 2.65 bits per heavy atom. The molecule has 0 aliphatic heterocycles. The molecule has 1 N–H and O–H groups in total. The lowest BCUT2D eigenvalue weighted by molar-refractivity contribution is -0.130. The highest BCUT2D eigenvalue weighted by molar-refractivity contribution is 5.04. The maximum atomic E-state index is 5.98. The Morgan fingerprint density at radius 1 is 1.29 bits per heavy atom. The molecule has 3 nitrogen and oxygen atoms in total. The minimum absolute atomic E-state index is 0.322. The molecule has 102 valence electrons. The molecule has 0 spiro atoms. The van der Waals surface area contributed by atoms with Crippen molar-refractivity contribution in [2.75, 3.05) is 26.9 Å². The van der Waals surface area contributed by atoms with Crippen molar-refractivity contribution < 1.29 is 9.47 Å². The van der Waals surface area contributed by atoms with Gasteiger partial charge in [-0.2, -0.15) is 0 Å². The van der Waals surface area contributed by atoms with Crippen LogP contribution in [0.1, 0.15) is 46.5 Å². The first kappa shape index (κ1) is 14.9. The van der Waals surface area contributed by atoms with Gasteiger partial charge in [-0.25, -0.2) is 0 Å². The van der Waals surface area contributed by atoms with E-state index in [9.17, 15) is 0 Å². The van der Waals surface area contributed by atoms with Gasteiger partial charge in [0.2, 0.25) is 0 Å². The Balaban J connectivity index is 2.28. The smallest absolute Gasteiger partial charge is 0.0658 e. The Kier molecular flexibility index (Phi) is 6.45. The predicted octanol–water partition coefficient (Wildman–Crippen LogP) is 2.60. The van der Waals surface area contributed by atoms with Crippen LogP contribution in [0.5, 0.6) is 0 Å². The lowest BCUT2D eigenvalue weighted by Gasteiger charge is -2.54. The third kappa shape index (κ3) is 3.67. The van der Waals surface area contributed by atoms with Gasteiger partial charge >= 0.3 is 0 Å². The van der Waals surface area contributed by atoms with Gasteiger partial charge in [0.05, 0.1) is 6.10 Å². The summed E-state index contributed by atoms with van der Waals surface area (Å²) in [7, 11) is 1.74. The zero-order valence-electron chi connectivity index (χ0n) is 11.9. The van der Waals surface area contributed by atoms with Crippen LogP contribution in [0, 0.1) is 5.41 Å². The maximum Gasteiger partial charge on any atom is 0.0658 e. The molecule has 17 heavy (non-hydrogen) atoms. The molecular weight excluding hydrogens is 214 g/mol. The lowest BCUT2D eigenvalue weighted by Crippen LogP contribution is -2.62. The van der Waals surface area contributed by atoms with Crippen molar-refractivity contribution in [2.45, 2.75) is 58.6 Å². The van der Waals surface area contributed by atoms with Gasteiger partial charge in [0, 0.05) is 31.8 Å². The number of ether oxygens (including phenoxy) is 2. The zero-order valence-corrected chi connectivity index (χ0v) is 11.9. The van der Waals surface area contributed by atoms with Crippen molar-refractivity contribution in [2.24, 2.45) is 5.41 Å². The fourth-order valence-corrected chi connectivity index (χ4v) is 2.61. The number of methoxy groups -OCH3 is 1. The van der Waals surface area contributed by atoms with Crippen molar-refractivity contribution in [3.05, 3.63) is 0 Å². The van der Waals surface area contributed by atoms with Gasteiger partial charge in [0.1, 0.15) is 0 Å². The first-order valence-corrected chi connectivity index (χ1v) is 7.03. The molecule has 0 amide bonds. The van der Waals surface area contributed by atoms with E-state index < -0.39 is 0 Å². The van der Waals surface area contributed by atoms with E-state index in [1.165, 1.54) is 12.8 Å². The highest BCUT2D eigenvalue weighted by Gasteiger charge is 2.50. The Hall–Kier alpha value is -0.120. The van der Waals surface area contributed by atoms with E-state index in [1.54, 1.807) is 7.11 Å². The molecule has 0 saturated heterocycles. The van der Waals surface area contributed by atoms with Gasteiger partial charge in [0.15, 0.2) is 0 Å². The minimum atomic E-state index is 0.322. The second-order valence-corrected chi connectivity index (χ2v) is 5.31. The fraction of sp³-hybridized carbons (Fsp3) is 1.00. The summed E-state index contributed by atoms with van der Waals surface area (Å²) in [6.45, 7) is 9.59. The molecule has 3 heteroatoms. The molecular formula is C14H29NO2. The van der Waals surface area contributed by atoms with Gasteiger partial charge < -0.3 is 14.8 Å². The number of hydrogen-bond donors (Lipinski definition) is 1. The van der Waals surface area contributed by atoms with Crippen LogP contribution in [0.2, 0.25) is 0 Å². The summed E-state index contributed by atoms with van der Waals surface area (Å²) >= 11 is 0. The topological polar surface area (TPSA) is 30.5 Å². The van der Waals surface area contributed by atoms with Crippen molar-refractivity contribution in [3.8, 4) is 0 Å². The van der Waals surface area contributed by atoms with E-state index in [4.69, 9.17) is 9.47 Å². The van der Waals surface area contributed by atoms with Crippen molar-refractivity contribution in [1.82, 2.24) is 5.32 Å². The third-order valence-corrected chi connectivity index (χ3v) is 4.20. The molecule has 1 rings (SSSR count). The first-order valence-electron chi connectivity index (χ1n) is 7.03. The second kappa shape index (κ2) is 7.34. The average molecular weight is 243 g/mol. The van der Waals surface area contributed by atoms with Crippen LogP contribution in [0.3, 0.4) is 0 Å². The summed E-state index contributed by atoms with van der Waals surface area (Å²) < 4.78 is 11.0. The predicted molar refractivity (Wildman–Crippen MR) is 71.3 cm³/mol. The minimum Gasteiger partial charge on any atom is -0.385 e. The Morgan fingerprint density at radius 2 is 2.06 bits per heavy atom. The average Bonchev–Trinajstić information content (AvgIpc) is 2.35. The quantitative estimate of drug-likeness (QED) is 0.631. The SMILES string of the molecule is CCCNC1CC(OCCCOC)C1(C)CC. The molecule has 0 aromatic heterocycles. The third-order valence-electron chi connectivity index (χ3n) is 4.20. The van der Waals surface area contributed by atoms with Gasteiger partial charge in [-0.3, -0.25) is 0 Å². The van der Waals surface area contributed by atoms with Crippen LogP contribution < -0.4 is 5.32 Å². The van der Waals surface area contributed by atoms with Crippen LogP contribution in [0.25, 0.3) is 0 Å². The van der Waals surface area contributed by atoms with E-state index >= 15 is 0 Å². The molecule has 1 fully saturated rings. The molecule has 0 aromatic rings. The van der Waals surface area contributed by atoms with E-state index in [0.29, 0.717) is 17.6 Å². The molecule has 3 unspecified atom stereocenters. The second-order valence-electron chi connectivity index (χ2n) is 5.31. The summed E-state index contributed by atoms with van der Waals surface area (Å²) in [5, 5.41) is 3.64. The van der Waals surface area contributed by atoms with Crippen molar-refractivity contribution in [3.63, 3.8) is 0 Å². The molecule has 0 radical (unpaired) electrons. The van der Waals surface area contributed by atoms with Gasteiger partial charge in [-0.15, -0.1) is 0 Å². The highest BCUT2D eigenvalue weighted by Crippen LogP contribution is 2.45. The number of hydrogen-bond acceptors (Lipinski definition) is 3. The Bertz CT molecular complexity index is 208. The summed E-state index contributed by atoms with van der Waals surface area (Å²) in [5.41, 5.74) is 0.322. The van der Waals surface area contributed by atoms with Gasteiger partial charge in [-0.05, 0) is 32.2 Å². The fourth-order valence-electron chi connectivity index (χ4n) is 2.61. The van der Waals surface area contributed by atoms with Crippen molar-refractivity contribution in [1.29, 1.82) is 0 Å². The normalized spacial score (nSPS) is 32.5. The van der Waals surface area contributed by atoms with E-state index in [-0.39, 0.29) is 0 Å². The van der Waals surface area contributed by atoms with Crippen LogP contribution >= 0.6 is 0 Å². The summed E-state index contributed by atoms with van der Waals surface area (Å²) in [4.78, 5) is 0.